The first-order valence-electron chi connectivity index (χ1n) is 7.14. The maximum absolute atomic E-state index is 11.3. The van der Waals surface area contributed by atoms with Crippen molar-refractivity contribution in [2.75, 3.05) is 6.61 Å². The van der Waals surface area contributed by atoms with Crippen molar-refractivity contribution in [3.8, 4) is 5.75 Å². The number of aliphatic hydroxyl groups excluding tert-OH is 3. The quantitative estimate of drug-likeness (QED) is 0.389. The molecule has 0 unspecified atom stereocenters. The SMILES string of the molecule is CC(=O)N[C@@H]1[C@@H](Oc2ccc([N+](=O)[O-])cc2)O[C@H](CO)[C@@H](O)[C@@H]1O. The number of benzene rings is 1. The highest BCUT2D eigenvalue weighted by Crippen LogP contribution is 2.25. The van der Waals surface area contributed by atoms with E-state index in [1.807, 2.05) is 0 Å². The molecule has 0 aliphatic carbocycles. The topological polar surface area (TPSA) is 151 Å². The number of rotatable bonds is 5. The van der Waals surface area contributed by atoms with Crippen LogP contribution in [0.15, 0.2) is 24.3 Å². The number of hydrogen-bond acceptors (Lipinski definition) is 8. The van der Waals surface area contributed by atoms with Gasteiger partial charge in [-0.1, -0.05) is 0 Å². The zero-order chi connectivity index (χ0) is 17.9. The Morgan fingerprint density at radius 2 is 1.96 bits per heavy atom. The standard InChI is InChI=1S/C14H18N2O8/c1-7(18)15-11-13(20)12(19)10(6-17)24-14(11)23-9-4-2-8(3-5-9)16(21)22/h2-5,10-14,17,19-20H,6H2,1H3,(H,15,18)/t10-,11+,12-,13-,14+/m1/s1. The Bertz CT molecular complexity index is 593. The smallest absolute Gasteiger partial charge is 0.269 e. The van der Waals surface area contributed by atoms with Crippen molar-refractivity contribution in [1.29, 1.82) is 0 Å². The first-order valence-corrected chi connectivity index (χ1v) is 7.14. The fourth-order valence-corrected chi connectivity index (χ4v) is 2.35. The Morgan fingerprint density at radius 1 is 1.33 bits per heavy atom. The normalized spacial score (nSPS) is 29.8. The first-order chi connectivity index (χ1) is 11.3. The number of nitrogens with one attached hydrogen (secondary N) is 1. The zero-order valence-electron chi connectivity index (χ0n) is 12.7. The van der Waals surface area contributed by atoms with Gasteiger partial charge in [-0.15, -0.1) is 0 Å². The van der Waals surface area contributed by atoms with Crippen molar-refractivity contribution in [3.63, 3.8) is 0 Å². The molecule has 1 saturated heterocycles. The number of carbonyl (C=O) groups is 1. The van der Waals surface area contributed by atoms with Crippen LogP contribution in [0.1, 0.15) is 6.92 Å². The predicted molar refractivity (Wildman–Crippen MR) is 79.1 cm³/mol. The molecule has 1 aromatic rings. The van der Waals surface area contributed by atoms with Crippen LogP contribution in [0.5, 0.6) is 5.75 Å². The Kier molecular flexibility index (Phi) is 5.67. The van der Waals surface area contributed by atoms with Gasteiger partial charge in [0.2, 0.25) is 12.2 Å². The molecule has 0 saturated carbocycles. The molecule has 132 valence electrons. The summed E-state index contributed by atoms with van der Waals surface area (Å²) in [5, 5.41) is 42.3. The predicted octanol–water partition coefficient (Wildman–Crippen LogP) is -1.08. The number of aliphatic hydroxyl groups is 3. The van der Waals surface area contributed by atoms with Gasteiger partial charge < -0.3 is 30.1 Å². The molecule has 0 radical (unpaired) electrons. The van der Waals surface area contributed by atoms with Gasteiger partial charge in [0.05, 0.1) is 11.5 Å². The summed E-state index contributed by atoms with van der Waals surface area (Å²) in [5.74, 6) is -0.282. The Balaban J connectivity index is 2.19. The van der Waals surface area contributed by atoms with Crippen molar-refractivity contribution in [2.24, 2.45) is 0 Å². The molecule has 10 heteroatoms. The third kappa shape index (κ3) is 3.97. The fraction of sp³-hybridized carbons (Fsp3) is 0.500. The summed E-state index contributed by atoms with van der Waals surface area (Å²) in [4.78, 5) is 21.4. The average molecular weight is 342 g/mol. The van der Waals surface area contributed by atoms with E-state index in [4.69, 9.17) is 9.47 Å². The van der Waals surface area contributed by atoms with Crippen molar-refractivity contribution in [3.05, 3.63) is 34.4 Å². The van der Waals surface area contributed by atoms with E-state index >= 15 is 0 Å². The van der Waals surface area contributed by atoms with E-state index in [0.717, 1.165) is 0 Å². The Labute approximate surface area is 136 Å². The number of ether oxygens (including phenoxy) is 2. The fourth-order valence-electron chi connectivity index (χ4n) is 2.35. The van der Waals surface area contributed by atoms with Crippen LogP contribution in [-0.2, 0) is 9.53 Å². The van der Waals surface area contributed by atoms with Crippen molar-refractivity contribution >= 4 is 11.6 Å². The highest BCUT2D eigenvalue weighted by Gasteiger charge is 2.46. The lowest BCUT2D eigenvalue weighted by Crippen LogP contribution is -2.65. The third-order valence-electron chi connectivity index (χ3n) is 3.55. The summed E-state index contributed by atoms with van der Waals surface area (Å²) in [6, 6.07) is 4.02. The molecule has 1 heterocycles. The highest BCUT2D eigenvalue weighted by molar-refractivity contribution is 5.73. The summed E-state index contributed by atoms with van der Waals surface area (Å²) in [6.45, 7) is 0.658. The maximum Gasteiger partial charge on any atom is 0.269 e. The van der Waals surface area contributed by atoms with E-state index in [2.05, 4.69) is 5.32 Å². The number of amides is 1. The van der Waals surface area contributed by atoms with Gasteiger partial charge in [-0.25, -0.2) is 0 Å². The van der Waals surface area contributed by atoms with E-state index in [9.17, 15) is 30.2 Å². The second-order valence-corrected chi connectivity index (χ2v) is 5.30. The van der Waals surface area contributed by atoms with Gasteiger partial charge in [0, 0.05) is 19.1 Å². The number of nitro groups is 1. The average Bonchev–Trinajstić information content (AvgIpc) is 2.54. The number of carbonyl (C=O) groups excluding carboxylic acids is 1. The van der Waals surface area contributed by atoms with Gasteiger partial charge in [0.25, 0.3) is 5.69 Å². The zero-order valence-corrected chi connectivity index (χ0v) is 12.7. The van der Waals surface area contributed by atoms with Crippen molar-refractivity contribution in [1.82, 2.24) is 5.32 Å². The van der Waals surface area contributed by atoms with E-state index in [-0.39, 0.29) is 11.4 Å². The Morgan fingerprint density at radius 3 is 2.46 bits per heavy atom. The second kappa shape index (κ2) is 7.53. The molecule has 10 nitrogen and oxygen atoms in total. The van der Waals surface area contributed by atoms with E-state index < -0.39 is 48.1 Å². The molecule has 1 fully saturated rings. The third-order valence-corrected chi connectivity index (χ3v) is 3.55. The molecular formula is C14H18N2O8. The van der Waals surface area contributed by atoms with E-state index in [1.54, 1.807) is 0 Å². The molecule has 0 bridgehead atoms. The van der Waals surface area contributed by atoms with Gasteiger partial charge in [0.1, 0.15) is 30.1 Å². The summed E-state index contributed by atoms with van der Waals surface area (Å²) in [7, 11) is 0. The molecule has 1 aliphatic rings. The number of nitrogens with zero attached hydrogens (tertiary/aromatic N) is 1. The maximum atomic E-state index is 11.3. The molecule has 2 rings (SSSR count). The minimum absolute atomic E-state index is 0.131. The lowest BCUT2D eigenvalue weighted by atomic mass is 9.97. The second-order valence-electron chi connectivity index (χ2n) is 5.30. The molecule has 4 N–H and O–H groups in total. The molecule has 5 atom stereocenters. The van der Waals surface area contributed by atoms with Crippen LogP contribution < -0.4 is 10.1 Å². The number of hydrogen-bond donors (Lipinski definition) is 4. The minimum Gasteiger partial charge on any atom is -0.463 e. The van der Waals surface area contributed by atoms with Crippen LogP contribution in [0.25, 0.3) is 0 Å². The summed E-state index contributed by atoms with van der Waals surface area (Å²) in [6.07, 6.45) is -5.15. The van der Waals surface area contributed by atoms with Gasteiger partial charge in [-0.3, -0.25) is 14.9 Å². The van der Waals surface area contributed by atoms with Gasteiger partial charge in [-0.05, 0) is 12.1 Å². The Hall–Kier alpha value is -2.27. The van der Waals surface area contributed by atoms with Crippen LogP contribution >= 0.6 is 0 Å². The molecule has 1 aromatic carbocycles. The monoisotopic (exact) mass is 342 g/mol. The van der Waals surface area contributed by atoms with Crippen LogP contribution in [0.3, 0.4) is 0 Å². The summed E-state index contributed by atoms with van der Waals surface area (Å²) >= 11 is 0. The van der Waals surface area contributed by atoms with Gasteiger partial charge in [-0.2, -0.15) is 0 Å². The summed E-state index contributed by atoms with van der Waals surface area (Å²) in [5.41, 5.74) is -0.131. The first kappa shape index (κ1) is 18.1. The van der Waals surface area contributed by atoms with E-state index in [1.165, 1.54) is 31.2 Å². The van der Waals surface area contributed by atoms with Gasteiger partial charge >= 0.3 is 0 Å². The molecule has 1 aliphatic heterocycles. The van der Waals surface area contributed by atoms with Gasteiger partial charge in [0.15, 0.2) is 0 Å². The van der Waals surface area contributed by atoms with Crippen LogP contribution in [0, 0.1) is 10.1 Å². The lowest BCUT2D eigenvalue weighted by Gasteiger charge is -2.42. The molecular weight excluding hydrogens is 324 g/mol. The molecule has 0 aromatic heterocycles. The largest absolute Gasteiger partial charge is 0.463 e. The lowest BCUT2D eigenvalue weighted by molar-refractivity contribution is -0.384. The molecule has 24 heavy (non-hydrogen) atoms. The van der Waals surface area contributed by atoms with E-state index in [0.29, 0.717) is 0 Å². The van der Waals surface area contributed by atoms with Crippen LogP contribution in [0.4, 0.5) is 5.69 Å². The highest BCUT2D eigenvalue weighted by atomic mass is 16.7. The number of non-ortho nitro benzene ring substituents is 1. The van der Waals surface area contributed by atoms with Crippen LogP contribution in [0.2, 0.25) is 0 Å². The summed E-state index contributed by atoms with van der Waals surface area (Å²) < 4.78 is 10.9. The van der Waals surface area contributed by atoms with Crippen molar-refractivity contribution in [2.45, 2.75) is 37.6 Å². The van der Waals surface area contributed by atoms with Crippen LogP contribution in [-0.4, -0.2) is 63.4 Å². The van der Waals surface area contributed by atoms with Crippen molar-refractivity contribution < 1.29 is 34.5 Å². The number of nitro benzene ring substituents is 1. The molecule has 0 spiro atoms. The molecule has 1 amide bonds. The minimum atomic E-state index is -1.43.